The van der Waals surface area contributed by atoms with Gasteiger partial charge in [0.1, 0.15) is 48.8 Å². The van der Waals surface area contributed by atoms with Crippen LogP contribution >= 0.6 is 0 Å². The molecule has 0 aliphatic carbocycles. The van der Waals surface area contributed by atoms with Crippen LogP contribution < -0.4 is 5.32 Å². The van der Waals surface area contributed by atoms with Crippen LogP contribution in [0.3, 0.4) is 0 Å². The Labute approximate surface area is 527 Å². The number of amides is 1. The van der Waals surface area contributed by atoms with Gasteiger partial charge in [-0.15, -0.1) is 0 Å². The number of ether oxygens (including phenoxy) is 4. The fourth-order valence-electron chi connectivity index (χ4n) is 12.9. The highest BCUT2D eigenvalue weighted by Crippen LogP contribution is 2.30. The van der Waals surface area contributed by atoms with Gasteiger partial charge in [0.15, 0.2) is 12.6 Å². The van der Waals surface area contributed by atoms with E-state index in [2.05, 4.69) is 19.2 Å². The first-order valence-corrected chi connectivity index (χ1v) is 37.3. The molecule has 2 aliphatic heterocycles. The lowest BCUT2D eigenvalue weighted by Gasteiger charge is -2.46. The van der Waals surface area contributed by atoms with E-state index in [-0.39, 0.29) is 12.5 Å². The molecule has 86 heavy (non-hydrogen) atoms. The van der Waals surface area contributed by atoms with Crippen LogP contribution in [0.2, 0.25) is 0 Å². The summed E-state index contributed by atoms with van der Waals surface area (Å²) in [5, 5.41) is 87.7. The van der Waals surface area contributed by atoms with Crippen molar-refractivity contribution in [2.24, 2.45) is 0 Å². The van der Waals surface area contributed by atoms with Gasteiger partial charge in [-0.25, -0.2) is 0 Å². The number of carbonyl (C=O) groups is 1. The lowest BCUT2D eigenvalue weighted by molar-refractivity contribution is -0.359. The first-order chi connectivity index (χ1) is 42.1. The van der Waals surface area contributed by atoms with Crippen LogP contribution in [-0.4, -0.2) is 140 Å². The van der Waals surface area contributed by atoms with E-state index in [1.54, 1.807) is 0 Å². The molecule has 9 N–H and O–H groups in total. The summed E-state index contributed by atoms with van der Waals surface area (Å²) in [5.41, 5.74) is 0. The van der Waals surface area contributed by atoms with Crippen LogP contribution in [0.1, 0.15) is 361 Å². The van der Waals surface area contributed by atoms with Crippen molar-refractivity contribution >= 4 is 5.91 Å². The summed E-state index contributed by atoms with van der Waals surface area (Å²) in [6.07, 6.45) is 52.7. The van der Waals surface area contributed by atoms with Crippen LogP contribution in [-0.2, 0) is 23.7 Å². The number of rotatable bonds is 63. The van der Waals surface area contributed by atoms with Crippen molar-refractivity contribution in [3.05, 3.63) is 0 Å². The molecule has 0 aromatic carbocycles. The molecule has 1 amide bonds. The molecule has 0 aromatic heterocycles. The Hall–Kier alpha value is -1.01. The number of hydrogen-bond donors (Lipinski definition) is 9. The van der Waals surface area contributed by atoms with E-state index in [1.165, 1.54) is 283 Å². The quantitative estimate of drug-likeness (QED) is 0.0259. The highest BCUT2D eigenvalue weighted by atomic mass is 16.7. The molecule has 2 aliphatic rings. The van der Waals surface area contributed by atoms with Gasteiger partial charge in [-0.2, -0.15) is 0 Å². The van der Waals surface area contributed by atoms with Gasteiger partial charge in [0.25, 0.3) is 0 Å². The average Bonchev–Trinajstić information content (AvgIpc) is 2.53. The van der Waals surface area contributed by atoms with E-state index >= 15 is 0 Å². The van der Waals surface area contributed by atoms with Crippen molar-refractivity contribution in [3.8, 4) is 0 Å². The molecule has 0 spiro atoms. The molecule has 2 heterocycles. The van der Waals surface area contributed by atoms with E-state index < -0.39 is 86.8 Å². The van der Waals surface area contributed by atoms with E-state index in [9.17, 15) is 45.6 Å². The molecule has 12 atom stereocenters. The van der Waals surface area contributed by atoms with Gasteiger partial charge < -0.3 is 65.1 Å². The van der Waals surface area contributed by atoms with Crippen LogP contribution in [0.25, 0.3) is 0 Å². The second-order valence-corrected chi connectivity index (χ2v) is 26.8. The number of aliphatic hydroxyl groups excluding tert-OH is 8. The Morgan fingerprint density at radius 1 is 0.372 bits per heavy atom. The number of nitrogens with one attached hydrogen (secondary N) is 1. The zero-order chi connectivity index (χ0) is 62.3. The van der Waals surface area contributed by atoms with E-state index in [4.69, 9.17) is 18.9 Å². The summed E-state index contributed by atoms with van der Waals surface area (Å²) in [6, 6.07) is -0.825. The maximum absolute atomic E-state index is 13.4. The predicted molar refractivity (Wildman–Crippen MR) is 351 cm³/mol. The summed E-state index contributed by atoms with van der Waals surface area (Å²) in [6.45, 7) is 2.94. The smallest absolute Gasteiger partial charge is 0.220 e. The monoisotopic (exact) mass is 1230 g/mol. The molecule has 0 radical (unpaired) electrons. The van der Waals surface area contributed by atoms with Crippen LogP contribution in [0.5, 0.6) is 0 Å². The minimum atomic E-state index is -1.78. The predicted octanol–water partition coefficient (Wildman–Crippen LogP) is 15.6. The standard InChI is InChI=1S/C72H141NO13/c1-3-5-7-9-11-13-15-17-19-21-23-25-27-29-30-32-34-36-38-40-42-44-46-48-50-52-54-56-64(77)73-60(59-83-71-69(82)67(80)70(63(58-75)85-71)86-72-68(81)66(79)65(78)62(57-74)84-72)61(76)55-53-51-49-47-45-43-41-39-37-35-33-31-28-26-24-22-20-18-16-14-12-10-8-6-4-2/h60-63,65-72,74-76,78-82H,3-59H2,1-2H3,(H,73,77). The second-order valence-electron chi connectivity index (χ2n) is 26.8. The highest BCUT2D eigenvalue weighted by molar-refractivity contribution is 5.76. The average molecular weight is 1230 g/mol. The van der Waals surface area contributed by atoms with Crippen molar-refractivity contribution in [1.29, 1.82) is 0 Å². The summed E-state index contributed by atoms with van der Waals surface area (Å²) in [7, 11) is 0. The van der Waals surface area contributed by atoms with E-state index in [0.717, 1.165) is 51.4 Å². The number of carbonyl (C=O) groups excluding carboxylic acids is 1. The minimum Gasteiger partial charge on any atom is -0.394 e. The minimum absolute atomic E-state index is 0.196. The number of unbranched alkanes of at least 4 members (excludes halogenated alkanes) is 50. The van der Waals surface area contributed by atoms with Crippen molar-refractivity contribution < 1.29 is 64.6 Å². The largest absolute Gasteiger partial charge is 0.394 e. The molecule has 2 saturated heterocycles. The maximum atomic E-state index is 13.4. The molecule has 0 saturated carbocycles. The molecule has 14 heteroatoms. The van der Waals surface area contributed by atoms with Gasteiger partial charge in [0, 0.05) is 6.42 Å². The van der Waals surface area contributed by atoms with Gasteiger partial charge in [-0.05, 0) is 12.8 Å². The van der Waals surface area contributed by atoms with Gasteiger partial charge in [0.2, 0.25) is 5.91 Å². The van der Waals surface area contributed by atoms with Crippen molar-refractivity contribution in [2.45, 2.75) is 434 Å². The van der Waals surface area contributed by atoms with Crippen molar-refractivity contribution in [3.63, 3.8) is 0 Å². The van der Waals surface area contributed by atoms with Crippen LogP contribution in [0.4, 0.5) is 0 Å². The Bertz CT molecular complexity index is 1450. The van der Waals surface area contributed by atoms with Crippen molar-refractivity contribution in [2.75, 3.05) is 19.8 Å². The fraction of sp³-hybridized carbons (Fsp3) is 0.986. The molecule has 0 aromatic rings. The Balaban J connectivity index is 1.64. The maximum Gasteiger partial charge on any atom is 0.220 e. The first-order valence-electron chi connectivity index (χ1n) is 37.3. The van der Waals surface area contributed by atoms with E-state index in [1.807, 2.05) is 0 Å². The summed E-state index contributed by atoms with van der Waals surface area (Å²) in [5.74, 6) is -0.196. The molecular weight excluding hydrogens is 1090 g/mol. The van der Waals surface area contributed by atoms with Gasteiger partial charge in [0.05, 0.1) is 32.0 Å². The molecule has 12 unspecified atom stereocenters. The molecule has 14 nitrogen and oxygen atoms in total. The Morgan fingerprint density at radius 3 is 0.988 bits per heavy atom. The summed E-state index contributed by atoms with van der Waals surface area (Å²) >= 11 is 0. The fourth-order valence-corrected chi connectivity index (χ4v) is 12.9. The first kappa shape index (κ1) is 81.1. The van der Waals surface area contributed by atoms with Gasteiger partial charge in [-0.1, -0.05) is 341 Å². The van der Waals surface area contributed by atoms with Crippen molar-refractivity contribution in [1.82, 2.24) is 5.32 Å². The van der Waals surface area contributed by atoms with Crippen LogP contribution in [0.15, 0.2) is 0 Å². The normalized spacial score (nSPS) is 23.3. The topological polar surface area (TPSA) is 228 Å². The molecule has 0 bridgehead atoms. The number of aliphatic hydroxyl groups is 8. The molecule has 2 rings (SSSR count). The summed E-state index contributed by atoms with van der Waals surface area (Å²) < 4.78 is 23.0. The zero-order valence-corrected chi connectivity index (χ0v) is 55.9. The van der Waals surface area contributed by atoms with Gasteiger partial charge >= 0.3 is 0 Å². The third-order valence-electron chi connectivity index (χ3n) is 18.8. The lowest BCUT2D eigenvalue weighted by Crippen LogP contribution is -2.65. The highest BCUT2D eigenvalue weighted by Gasteiger charge is 2.51. The third-order valence-corrected chi connectivity index (χ3v) is 18.8. The SMILES string of the molecule is CCCCCCCCCCCCCCCCCCCCCCCCCCCCCC(=O)NC(COC1OC(CO)C(OC2OC(CO)C(O)C(O)C2O)C(O)C1O)C(O)CCCCCCCCCCCCCCCCCCCCCCCCCCC. The molecule has 512 valence electrons. The lowest BCUT2D eigenvalue weighted by atomic mass is 9.97. The second kappa shape index (κ2) is 57.9. The third kappa shape index (κ3) is 41.5. The molecular formula is C72H141NO13. The summed E-state index contributed by atoms with van der Waals surface area (Å²) in [4.78, 5) is 13.4. The number of hydrogen-bond acceptors (Lipinski definition) is 13. The van der Waals surface area contributed by atoms with E-state index in [0.29, 0.717) is 12.8 Å². The van der Waals surface area contributed by atoms with Gasteiger partial charge in [-0.3, -0.25) is 4.79 Å². The molecule has 2 fully saturated rings. The van der Waals surface area contributed by atoms with Crippen LogP contribution in [0, 0.1) is 0 Å². The zero-order valence-electron chi connectivity index (χ0n) is 55.9. The Morgan fingerprint density at radius 2 is 0.663 bits per heavy atom. The Kier molecular flexibility index (Phi) is 54.5.